The van der Waals surface area contributed by atoms with E-state index in [9.17, 15) is 20.1 Å². The maximum Gasteiger partial charge on any atom is 0.280 e. The molecule has 0 aliphatic carbocycles. The minimum absolute atomic E-state index is 0.110. The quantitative estimate of drug-likeness (QED) is 0.283. The molecule has 2 aromatic rings. The number of pyridine rings is 1. The van der Waals surface area contributed by atoms with Crippen LogP contribution in [0.2, 0.25) is 5.02 Å². The lowest BCUT2D eigenvalue weighted by Gasteiger charge is -2.03. The average molecular weight is 279 g/mol. The standard InChI is InChI=1S/C12H7ClN2O4/c13-9-1-2-11(15(18)19)10(7-9)12(16)8-3-5-14(17)6-4-8/h1-7H. The third kappa shape index (κ3) is 2.69. The zero-order chi connectivity index (χ0) is 14.0. The number of nitro groups is 1. The van der Waals surface area contributed by atoms with Gasteiger partial charge in [-0.1, -0.05) is 11.6 Å². The molecule has 0 saturated carbocycles. The third-order valence-corrected chi connectivity index (χ3v) is 2.70. The average Bonchev–Trinajstić information content (AvgIpc) is 2.38. The second kappa shape index (κ2) is 5.03. The minimum atomic E-state index is -0.652. The normalized spacial score (nSPS) is 10.2. The number of nitrogens with zero attached hydrogens (tertiary/aromatic N) is 2. The highest BCUT2D eigenvalue weighted by Gasteiger charge is 2.22. The Morgan fingerprint density at radius 3 is 2.42 bits per heavy atom. The van der Waals surface area contributed by atoms with Crippen molar-refractivity contribution in [2.75, 3.05) is 0 Å². The van der Waals surface area contributed by atoms with Gasteiger partial charge in [-0.25, -0.2) is 0 Å². The Labute approximate surface area is 112 Å². The van der Waals surface area contributed by atoms with E-state index in [0.717, 1.165) is 12.4 Å². The topological polar surface area (TPSA) is 87.2 Å². The van der Waals surface area contributed by atoms with Crippen molar-refractivity contribution in [2.45, 2.75) is 0 Å². The number of nitro benzene ring substituents is 1. The van der Waals surface area contributed by atoms with Crippen molar-refractivity contribution in [2.24, 2.45) is 0 Å². The van der Waals surface area contributed by atoms with Gasteiger partial charge in [0, 0.05) is 28.8 Å². The lowest BCUT2D eigenvalue weighted by molar-refractivity contribution is -0.605. The maximum atomic E-state index is 12.2. The number of benzene rings is 1. The molecule has 0 saturated heterocycles. The zero-order valence-electron chi connectivity index (χ0n) is 9.45. The number of rotatable bonds is 3. The summed E-state index contributed by atoms with van der Waals surface area (Å²) in [5.74, 6) is -0.560. The molecule has 6 nitrogen and oxygen atoms in total. The van der Waals surface area contributed by atoms with Crippen molar-refractivity contribution in [3.8, 4) is 0 Å². The summed E-state index contributed by atoms with van der Waals surface area (Å²) in [6.45, 7) is 0. The molecule has 0 aliphatic heterocycles. The number of aromatic nitrogens is 1. The fourth-order valence-electron chi connectivity index (χ4n) is 1.57. The Morgan fingerprint density at radius 2 is 1.84 bits per heavy atom. The third-order valence-electron chi connectivity index (χ3n) is 2.46. The number of carbonyl (C=O) groups is 1. The van der Waals surface area contributed by atoms with Crippen LogP contribution < -0.4 is 4.73 Å². The summed E-state index contributed by atoms with van der Waals surface area (Å²) >= 11 is 5.75. The SMILES string of the molecule is O=C(c1cc[n+]([O-])cc1)c1cc(Cl)ccc1[N+](=O)[O-]. The molecule has 1 aromatic heterocycles. The van der Waals surface area contributed by atoms with Gasteiger partial charge in [-0.2, -0.15) is 4.73 Å². The molecule has 0 unspecified atom stereocenters. The first kappa shape index (κ1) is 13.0. The Kier molecular flexibility index (Phi) is 3.43. The highest BCUT2D eigenvalue weighted by Crippen LogP contribution is 2.25. The van der Waals surface area contributed by atoms with Crippen molar-refractivity contribution in [3.63, 3.8) is 0 Å². The predicted molar refractivity (Wildman–Crippen MR) is 66.9 cm³/mol. The van der Waals surface area contributed by atoms with Gasteiger partial charge in [-0.15, -0.1) is 0 Å². The second-order valence-corrected chi connectivity index (χ2v) is 4.13. The zero-order valence-corrected chi connectivity index (χ0v) is 10.2. The molecule has 0 atom stereocenters. The lowest BCUT2D eigenvalue weighted by atomic mass is 10.0. The fourth-order valence-corrected chi connectivity index (χ4v) is 1.74. The van der Waals surface area contributed by atoms with Gasteiger partial charge in [0.1, 0.15) is 5.56 Å². The van der Waals surface area contributed by atoms with Gasteiger partial charge in [0.15, 0.2) is 18.2 Å². The summed E-state index contributed by atoms with van der Waals surface area (Å²) in [7, 11) is 0. The summed E-state index contributed by atoms with van der Waals surface area (Å²) in [5, 5.41) is 22.0. The first-order valence-corrected chi connectivity index (χ1v) is 5.54. The van der Waals surface area contributed by atoms with E-state index in [-0.39, 0.29) is 21.8 Å². The molecule has 1 aromatic carbocycles. The number of carbonyl (C=O) groups excluding carboxylic acids is 1. The Balaban J connectivity index is 2.51. The Morgan fingerprint density at radius 1 is 1.21 bits per heavy atom. The van der Waals surface area contributed by atoms with Crippen LogP contribution in [0.1, 0.15) is 15.9 Å². The molecule has 0 bridgehead atoms. The summed E-state index contributed by atoms with van der Waals surface area (Å²) < 4.78 is 0.517. The molecule has 1 heterocycles. The first-order chi connectivity index (χ1) is 8.99. The molecular formula is C12H7ClN2O4. The summed E-state index contributed by atoms with van der Waals surface area (Å²) in [4.78, 5) is 22.4. The van der Waals surface area contributed by atoms with Crippen LogP contribution in [0.3, 0.4) is 0 Å². The molecule has 19 heavy (non-hydrogen) atoms. The predicted octanol–water partition coefficient (Wildman–Crippen LogP) is 2.11. The molecule has 0 aliphatic rings. The number of halogens is 1. The van der Waals surface area contributed by atoms with Crippen LogP contribution in [-0.4, -0.2) is 10.7 Å². The van der Waals surface area contributed by atoms with Crippen LogP contribution in [0.4, 0.5) is 5.69 Å². The van der Waals surface area contributed by atoms with Crippen molar-refractivity contribution >= 4 is 23.1 Å². The van der Waals surface area contributed by atoms with Crippen molar-refractivity contribution < 1.29 is 14.4 Å². The second-order valence-electron chi connectivity index (χ2n) is 3.69. The van der Waals surface area contributed by atoms with Crippen molar-refractivity contribution in [1.82, 2.24) is 0 Å². The van der Waals surface area contributed by atoms with Crippen LogP contribution >= 0.6 is 11.6 Å². The molecule has 96 valence electrons. The van der Waals surface area contributed by atoms with Crippen LogP contribution in [-0.2, 0) is 0 Å². The van der Waals surface area contributed by atoms with E-state index < -0.39 is 10.7 Å². The highest BCUT2D eigenvalue weighted by atomic mass is 35.5. The largest absolute Gasteiger partial charge is 0.619 e. The van der Waals surface area contributed by atoms with Gasteiger partial charge in [0.25, 0.3) is 5.69 Å². The number of hydrogen-bond donors (Lipinski definition) is 0. The van der Waals surface area contributed by atoms with Crippen LogP contribution in [0.5, 0.6) is 0 Å². The fraction of sp³-hybridized carbons (Fsp3) is 0. The van der Waals surface area contributed by atoms with Crippen LogP contribution in [0.25, 0.3) is 0 Å². The monoisotopic (exact) mass is 278 g/mol. The van der Waals surface area contributed by atoms with Crippen molar-refractivity contribution in [1.29, 1.82) is 0 Å². The Hall–Kier alpha value is -2.47. The van der Waals surface area contributed by atoms with E-state index in [1.165, 1.54) is 30.3 Å². The van der Waals surface area contributed by atoms with Gasteiger partial charge in [0.05, 0.1) is 4.92 Å². The Bertz CT molecular complexity index is 655. The molecule has 7 heteroatoms. The van der Waals surface area contributed by atoms with E-state index in [4.69, 9.17) is 11.6 Å². The van der Waals surface area contributed by atoms with E-state index in [2.05, 4.69) is 0 Å². The molecule has 0 spiro atoms. The van der Waals surface area contributed by atoms with E-state index in [1.54, 1.807) is 0 Å². The van der Waals surface area contributed by atoms with E-state index in [0.29, 0.717) is 4.73 Å². The summed E-state index contributed by atoms with van der Waals surface area (Å²) in [6.07, 6.45) is 2.28. The van der Waals surface area contributed by atoms with Gasteiger partial charge < -0.3 is 5.21 Å². The van der Waals surface area contributed by atoms with Gasteiger partial charge >= 0.3 is 0 Å². The smallest absolute Gasteiger partial charge is 0.280 e. The molecule has 0 N–H and O–H groups in total. The summed E-state index contributed by atoms with van der Waals surface area (Å²) in [6, 6.07) is 6.33. The van der Waals surface area contributed by atoms with Gasteiger partial charge in [0.2, 0.25) is 0 Å². The van der Waals surface area contributed by atoms with E-state index in [1.807, 2.05) is 0 Å². The summed E-state index contributed by atoms with van der Waals surface area (Å²) in [5.41, 5.74) is -0.258. The lowest BCUT2D eigenvalue weighted by Crippen LogP contribution is -2.24. The minimum Gasteiger partial charge on any atom is -0.619 e. The number of hydrogen-bond acceptors (Lipinski definition) is 4. The van der Waals surface area contributed by atoms with Crippen LogP contribution in [0, 0.1) is 15.3 Å². The van der Waals surface area contributed by atoms with Gasteiger partial charge in [-0.05, 0) is 12.1 Å². The molecule has 0 amide bonds. The first-order valence-electron chi connectivity index (χ1n) is 5.16. The van der Waals surface area contributed by atoms with Gasteiger partial charge in [-0.3, -0.25) is 14.9 Å². The molecule has 2 rings (SSSR count). The molecule has 0 radical (unpaired) electrons. The number of ketones is 1. The highest BCUT2D eigenvalue weighted by molar-refractivity contribution is 6.31. The molecular weight excluding hydrogens is 272 g/mol. The van der Waals surface area contributed by atoms with Crippen molar-refractivity contribution in [3.05, 3.63) is 74.2 Å². The van der Waals surface area contributed by atoms with E-state index >= 15 is 0 Å². The maximum absolute atomic E-state index is 12.2. The van der Waals surface area contributed by atoms with Crippen LogP contribution in [0.15, 0.2) is 42.7 Å². The molecule has 0 fully saturated rings.